The summed E-state index contributed by atoms with van der Waals surface area (Å²) in [7, 11) is 0. The quantitative estimate of drug-likeness (QED) is 0.705. The minimum Gasteiger partial charge on any atom is -0.330 e. The van der Waals surface area contributed by atoms with Crippen molar-refractivity contribution in [2.24, 2.45) is 11.7 Å². The number of hydrogen-bond donors (Lipinski definition) is 3. The highest BCUT2D eigenvalue weighted by atomic mass is 16.1. The molecule has 0 fully saturated rings. The predicted molar refractivity (Wildman–Crippen MR) is 64.1 cm³/mol. The first-order chi connectivity index (χ1) is 7.56. The van der Waals surface area contributed by atoms with Gasteiger partial charge in [0.25, 0.3) is 0 Å². The van der Waals surface area contributed by atoms with E-state index >= 15 is 0 Å². The molecule has 0 aliphatic heterocycles. The van der Waals surface area contributed by atoms with Gasteiger partial charge in [-0.1, -0.05) is 6.92 Å². The summed E-state index contributed by atoms with van der Waals surface area (Å²) in [5.41, 5.74) is 7.37. The van der Waals surface area contributed by atoms with Gasteiger partial charge >= 0.3 is 0 Å². The van der Waals surface area contributed by atoms with Crippen molar-refractivity contribution in [3.8, 4) is 0 Å². The molecule has 16 heavy (non-hydrogen) atoms. The number of aromatic nitrogens is 2. The molecule has 0 bridgehead atoms. The summed E-state index contributed by atoms with van der Waals surface area (Å²) in [5.74, 6) is 0.602. The van der Waals surface area contributed by atoms with Crippen molar-refractivity contribution in [2.45, 2.75) is 33.6 Å². The van der Waals surface area contributed by atoms with Crippen molar-refractivity contribution in [3.63, 3.8) is 0 Å². The normalized spacial score (nSPS) is 12.5. The van der Waals surface area contributed by atoms with Gasteiger partial charge in [-0.3, -0.25) is 9.89 Å². The van der Waals surface area contributed by atoms with Crippen LogP contribution in [0.1, 0.15) is 31.0 Å². The fourth-order valence-corrected chi connectivity index (χ4v) is 1.40. The highest BCUT2D eigenvalue weighted by Crippen LogP contribution is 2.15. The number of carbonyl (C=O) groups excluding carboxylic acids is 1. The summed E-state index contributed by atoms with van der Waals surface area (Å²) >= 11 is 0. The van der Waals surface area contributed by atoms with Gasteiger partial charge in [0, 0.05) is 17.2 Å². The molecular weight excluding hydrogens is 204 g/mol. The van der Waals surface area contributed by atoms with Gasteiger partial charge in [0.05, 0.1) is 0 Å². The lowest BCUT2D eigenvalue weighted by atomic mass is 10.0. The second-order valence-corrected chi connectivity index (χ2v) is 4.14. The highest BCUT2D eigenvalue weighted by Gasteiger charge is 2.15. The van der Waals surface area contributed by atoms with Crippen LogP contribution in [0.2, 0.25) is 0 Å². The fraction of sp³-hybridized carbons (Fsp3) is 0.636. The smallest absolute Gasteiger partial charge is 0.228 e. The molecule has 1 rings (SSSR count). The third kappa shape index (κ3) is 3.06. The number of hydrogen-bond acceptors (Lipinski definition) is 3. The molecule has 1 amide bonds. The van der Waals surface area contributed by atoms with E-state index in [4.69, 9.17) is 5.73 Å². The molecular formula is C11H20N4O. The van der Waals surface area contributed by atoms with Crippen molar-refractivity contribution in [1.29, 1.82) is 0 Å². The Kier molecular flexibility index (Phi) is 4.49. The van der Waals surface area contributed by atoms with Crippen LogP contribution in [0, 0.1) is 19.8 Å². The molecule has 0 aliphatic carbocycles. The molecule has 0 radical (unpaired) electrons. The topological polar surface area (TPSA) is 83.8 Å². The Morgan fingerprint density at radius 2 is 2.25 bits per heavy atom. The predicted octanol–water partition coefficient (Wildman–Crippen LogP) is 1.34. The van der Waals surface area contributed by atoms with Crippen LogP contribution in [0.25, 0.3) is 0 Å². The third-order valence-electron chi connectivity index (χ3n) is 2.78. The Hall–Kier alpha value is -1.36. The number of aryl methyl sites for hydroxylation is 1. The highest BCUT2D eigenvalue weighted by molar-refractivity contribution is 5.92. The lowest BCUT2D eigenvalue weighted by Crippen LogP contribution is -2.21. The van der Waals surface area contributed by atoms with Gasteiger partial charge < -0.3 is 11.1 Å². The molecule has 1 aromatic rings. The average Bonchev–Trinajstić information content (AvgIpc) is 2.57. The van der Waals surface area contributed by atoms with E-state index in [0.29, 0.717) is 12.4 Å². The summed E-state index contributed by atoms with van der Waals surface area (Å²) < 4.78 is 0. The number of rotatable bonds is 5. The van der Waals surface area contributed by atoms with Gasteiger partial charge in [-0.05, 0) is 33.2 Å². The molecule has 1 atom stereocenters. The first kappa shape index (κ1) is 12.7. The van der Waals surface area contributed by atoms with E-state index in [1.54, 1.807) is 0 Å². The zero-order chi connectivity index (χ0) is 12.1. The van der Waals surface area contributed by atoms with Crippen LogP contribution in [-0.4, -0.2) is 22.6 Å². The summed E-state index contributed by atoms with van der Waals surface area (Å²) in [4.78, 5) is 11.8. The number of carbonyl (C=O) groups is 1. The zero-order valence-electron chi connectivity index (χ0n) is 10.1. The number of anilines is 1. The number of nitrogens with two attached hydrogens (primary N) is 1. The minimum atomic E-state index is -0.0278. The number of nitrogens with zero attached hydrogens (tertiary/aromatic N) is 1. The van der Waals surface area contributed by atoms with Crippen LogP contribution in [0.3, 0.4) is 0 Å². The van der Waals surface area contributed by atoms with Gasteiger partial charge in [0.15, 0.2) is 5.82 Å². The lowest BCUT2D eigenvalue weighted by Gasteiger charge is -2.10. The third-order valence-corrected chi connectivity index (χ3v) is 2.78. The van der Waals surface area contributed by atoms with E-state index in [1.165, 1.54) is 0 Å². The van der Waals surface area contributed by atoms with E-state index in [0.717, 1.165) is 24.1 Å². The number of nitrogens with one attached hydrogen (secondary N) is 2. The van der Waals surface area contributed by atoms with E-state index in [2.05, 4.69) is 15.5 Å². The van der Waals surface area contributed by atoms with Crippen LogP contribution in [0.15, 0.2) is 0 Å². The summed E-state index contributed by atoms with van der Waals surface area (Å²) in [5, 5.41) is 9.69. The molecule has 0 aromatic carbocycles. The van der Waals surface area contributed by atoms with Gasteiger partial charge in [-0.25, -0.2) is 0 Å². The SMILES string of the molecule is Cc1[nH]nc(NC(=O)C(C)CCCN)c1C. The maximum atomic E-state index is 11.8. The van der Waals surface area contributed by atoms with Crippen molar-refractivity contribution in [3.05, 3.63) is 11.3 Å². The van der Waals surface area contributed by atoms with Crippen LogP contribution < -0.4 is 11.1 Å². The van der Waals surface area contributed by atoms with Gasteiger partial charge in [-0.2, -0.15) is 5.10 Å². The molecule has 1 aromatic heterocycles. The number of amides is 1. The Bertz CT molecular complexity index is 359. The van der Waals surface area contributed by atoms with Gasteiger partial charge in [0.2, 0.25) is 5.91 Å². The molecule has 1 unspecified atom stereocenters. The molecule has 4 N–H and O–H groups in total. The molecule has 0 saturated heterocycles. The maximum Gasteiger partial charge on any atom is 0.228 e. The molecule has 0 aliphatic rings. The van der Waals surface area contributed by atoms with Crippen LogP contribution in [-0.2, 0) is 4.79 Å². The minimum absolute atomic E-state index is 0.00282. The van der Waals surface area contributed by atoms with E-state index in [1.807, 2.05) is 20.8 Å². The second kappa shape index (κ2) is 5.65. The first-order valence-corrected chi connectivity index (χ1v) is 5.58. The zero-order valence-corrected chi connectivity index (χ0v) is 10.1. The molecule has 0 spiro atoms. The monoisotopic (exact) mass is 224 g/mol. The van der Waals surface area contributed by atoms with Gasteiger partial charge in [-0.15, -0.1) is 0 Å². The van der Waals surface area contributed by atoms with Crippen molar-refractivity contribution < 1.29 is 4.79 Å². The van der Waals surface area contributed by atoms with E-state index in [9.17, 15) is 4.79 Å². The standard InChI is InChI=1S/C11H20N4O/c1-7(5-4-6-12)11(16)13-10-8(2)9(3)14-15-10/h7H,4-6,12H2,1-3H3,(H2,13,14,15,16). The van der Waals surface area contributed by atoms with Crippen molar-refractivity contribution >= 4 is 11.7 Å². The first-order valence-electron chi connectivity index (χ1n) is 5.58. The summed E-state index contributed by atoms with van der Waals surface area (Å²) in [6.07, 6.45) is 1.68. The maximum absolute atomic E-state index is 11.8. The average molecular weight is 224 g/mol. The van der Waals surface area contributed by atoms with Crippen molar-refractivity contribution in [2.75, 3.05) is 11.9 Å². The largest absolute Gasteiger partial charge is 0.330 e. The van der Waals surface area contributed by atoms with Crippen LogP contribution in [0.4, 0.5) is 5.82 Å². The summed E-state index contributed by atoms with van der Waals surface area (Å²) in [6, 6.07) is 0. The van der Waals surface area contributed by atoms with E-state index in [-0.39, 0.29) is 11.8 Å². The molecule has 5 nitrogen and oxygen atoms in total. The van der Waals surface area contributed by atoms with Gasteiger partial charge in [0.1, 0.15) is 0 Å². The van der Waals surface area contributed by atoms with Crippen LogP contribution >= 0.6 is 0 Å². The molecule has 5 heteroatoms. The number of aromatic amines is 1. The molecule has 1 heterocycles. The second-order valence-electron chi connectivity index (χ2n) is 4.14. The number of H-pyrrole nitrogens is 1. The fourth-order valence-electron chi connectivity index (χ4n) is 1.40. The Morgan fingerprint density at radius 3 is 2.75 bits per heavy atom. The van der Waals surface area contributed by atoms with Crippen molar-refractivity contribution in [1.82, 2.24) is 10.2 Å². The molecule has 90 valence electrons. The lowest BCUT2D eigenvalue weighted by molar-refractivity contribution is -0.119. The molecule has 0 saturated carbocycles. The Balaban J connectivity index is 2.54. The summed E-state index contributed by atoms with van der Waals surface area (Å²) in [6.45, 7) is 6.38. The van der Waals surface area contributed by atoms with E-state index < -0.39 is 0 Å². The Labute approximate surface area is 95.8 Å². The van der Waals surface area contributed by atoms with Crippen LogP contribution in [0.5, 0.6) is 0 Å². The Morgan fingerprint density at radius 1 is 1.56 bits per heavy atom.